The number of nitrogens with zero attached hydrogens (tertiary/aromatic N) is 1. The monoisotopic (exact) mass is 190 g/mol. The predicted molar refractivity (Wildman–Crippen MR) is 54.6 cm³/mol. The molecule has 2 rings (SSSR count). The highest BCUT2D eigenvalue weighted by Gasteiger charge is 2.17. The Morgan fingerprint density at radius 3 is 3.07 bits per heavy atom. The molecule has 0 fully saturated rings. The lowest BCUT2D eigenvalue weighted by molar-refractivity contribution is 0.224. The van der Waals surface area contributed by atoms with Crippen molar-refractivity contribution in [3.05, 3.63) is 41.4 Å². The van der Waals surface area contributed by atoms with E-state index in [1.807, 2.05) is 25.1 Å². The van der Waals surface area contributed by atoms with Gasteiger partial charge in [0, 0.05) is 12.6 Å². The smallest absolute Gasteiger partial charge is 0.115 e. The van der Waals surface area contributed by atoms with E-state index in [9.17, 15) is 0 Å². The normalized spacial score (nSPS) is 17.4. The van der Waals surface area contributed by atoms with Crippen LogP contribution in [-0.4, -0.2) is 11.6 Å². The Kier molecular flexibility index (Phi) is 2.50. The molecule has 1 aliphatic heterocycles. The van der Waals surface area contributed by atoms with Crippen LogP contribution in [0.5, 0.6) is 0 Å². The van der Waals surface area contributed by atoms with Gasteiger partial charge in [0.2, 0.25) is 0 Å². The minimum atomic E-state index is -0.211. The number of aryl methyl sites for hydroxylation is 1. The van der Waals surface area contributed by atoms with E-state index in [1.54, 1.807) is 6.20 Å². The summed E-state index contributed by atoms with van der Waals surface area (Å²) in [6.07, 6.45) is 4.77. The van der Waals surface area contributed by atoms with Gasteiger partial charge in [-0.25, -0.2) is 0 Å². The molecule has 0 aromatic carbocycles. The second kappa shape index (κ2) is 3.80. The molecule has 0 bridgehead atoms. The second-order valence-electron chi connectivity index (χ2n) is 3.48. The van der Waals surface area contributed by atoms with Gasteiger partial charge in [0.15, 0.2) is 0 Å². The van der Waals surface area contributed by atoms with E-state index >= 15 is 0 Å². The van der Waals surface area contributed by atoms with Crippen molar-refractivity contribution in [2.24, 2.45) is 5.73 Å². The average Bonchev–Trinajstić information content (AvgIpc) is 2.69. The Morgan fingerprint density at radius 2 is 2.43 bits per heavy atom. The molecule has 0 aliphatic carbocycles. The minimum absolute atomic E-state index is 0.211. The Bertz CT molecular complexity index is 360. The highest BCUT2D eigenvalue weighted by atomic mass is 16.5. The van der Waals surface area contributed by atoms with Crippen LogP contribution in [0.25, 0.3) is 0 Å². The van der Waals surface area contributed by atoms with Crippen LogP contribution >= 0.6 is 0 Å². The quantitative estimate of drug-likeness (QED) is 0.772. The number of pyridine rings is 1. The summed E-state index contributed by atoms with van der Waals surface area (Å²) in [7, 11) is 0. The topological polar surface area (TPSA) is 48.1 Å². The molecule has 1 atom stereocenters. The summed E-state index contributed by atoms with van der Waals surface area (Å²) in [5.41, 5.74) is 8.06. The molecule has 3 nitrogen and oxygen atoms in total. The molecule has 74 valence electrons. The third kappa shape index (κ3) is 1.77. The molecule has 3 heteroatoms. The van der Waals surface area contributed by atoms with Crippen molar-refractivity contribution in [2.45, 2.75) is 19.4 Å². The maximum atomic E-state index is 6.01. The van der Waals surface area contributed by atoms with Gasteiger partial charge in [-0.3, -0.25) is 4.98 Å². The van der Waals surface area contributed by atoms with Crippen LogP contribution in [0.3, 0.4) is 0 Å². The van der Waals surface area contributed by atoms with Gasteiger partial charge in [0.05, 0.1) is 12.3 Å². The molecule has 1 aromatic heterocycles. The highest BCUT2D eigenvalue weighted by molar-refractivity contribution is 5.23. The molecule has 1 aliphatic rings. The summed E-state index contributed by atoms with van der Waals surface area (Å²) in [6.45, 7) is 2.77. The summed E-state index contributed by atoms with van der Waals surface area (Å²) in [5.74, 6) is 0.850. The SMILES string of the molecule is Cc1ccnc(C(N)C2=CCCO2)c1. The van der Waals surface area contributed by atoms with Crippen LogP contribution in [0.4, 0.5) is 0 Å². The van der Waals surface area contributed by atoms with Crippen LogP contribution in [0, 0.1) is 6.92 Å². The lowest BCUT2D eigenvalue weighted by Crippen LogP contribution is -2.15. The van der Waals surface area contributed by atoms with Crippen LogP contribution in [-0.2, 0) is 4.74 Å². The molecule has 2 heterocycles. The summed E-state index contributed by atoms with van der Waals surface area (Å²) < 4.78 is 5.41. The van der Waals surface area contributed by atoms with E-state index in [1.165, 1.54) is 5.56 Å². The Hall–Kier alpha value is -1.35. The Balaban J connectivity index is 2.22. The van der Waals surface area contributed by atoms with E-state index < -0.39 is 0 Å². The van der Waals surface area contributed by atoms with Crippen molar-refractivity contribution in [1.82, 2.24) is 4.98 Å². The van der Waals surface area contributed by atoms with Gasteiger partial charge in [-0.05, 0) is 30.7 Å². The standard InChI is InChI=1S/C11H14N2O/c1-8-4-5-13-9(7-8)11(12)10-3-2-6-14-10/h3-5,7,11H,2,6,12H2,1H3. The average molecular weight is 190 g/mol. The van der Waals surface area contributed by atoms with E-state index in [0.29, 0.717) is 0 Å². The fraction of sp³-hybridized carbons (Fsp3) is 0.364. The second-order valence-corrected chi connectivity index (χ2v) is 3.48. The molecule has 0 saturated carbocycles. The molecule has 0 amide bonds. The largest absolute Gasteiger partial charge is 0.496 e. The summed E-state index contributed by atoms with van der Waals surface area (Å²) in [6, 6.07) is 3.74. The molecule has 1 aromatic rings. The van der Waals surface area contributed by atoms with Crippen molar-refractivity contribution in [3.63, 3.8) is 0 Å². The van der Waals surface area contributed by atoms with Crippen LogP contribution < -0.4 is 5.73 Å². The first-order valence-corrected chi connectivity index (χ1v) is 4.78. The molecule has 1 unspecified atom stereocenters. The predicted octanol–water partition coefficient (Wildman–Crippen LogP) is 1.69. The fourth-order valence-corrected chi connectivity index (χ4v) is 1.53. The maximum Gasteiger partial charge on any atom is 0.115 e. The van der Waals surface area contributed by atoms with Gasteiger partial charge in [-0.2, -0.15) is 0 Å². The summed E-state index contributed by atoms with van der Waals surface area (Å²) in [4.78, 5) is 4.24. The minimum Gasteiger partial charge on any atom is -0.496 e. The van der Waals surface area contributed by atoms with E-state index in [2.05, 4.69) is 4.98 Å². The van der Waals surface area contributed by atoms with Gasteiger partial charge in [0.1, 0.15) is 11.8 Å². The van der Waals surface area contributed by atoms with Crippen molar-refractivity contribution >= 4 is 0 Å². The number of nitrogens with two attached hydrogens (primary N) is 1. The molecule has 0 saturated heterocycles. The molecule has 14 heavy (non-hydrogen) atoms. The molecular formula is C11H14N2O. The number of rotatable bonds is 2. The van der Waals surface area contributed by atoms with Gasteiger partial charge in [0.25, 0.3) is 0 Å². The van der Waals surface area contributed by atoms with Gasteiger partial charge in [-0.1, -0.05) is 0 Å². The van der Waals surface area contributed by atoms with Crippen molar-refractivity contribution in [2.75, 3.05) is 6.61 Å². The van der Waals surface area contributed by atoms with Gasteiger partial charge < -0.3 is 10.5 Å². The molecule has 0 radical (unpaired) electrons. The third-order valence-electron chi connectivity index (χ3n) is 2.29. The number of hydrogen-bond acceptors (Lipinski definition) is 3. The third-order valence-corrected chi connectivity index (χ3v) is 2.29. The first-order valence-electron chi connectivity index (χ1n) is 4.78. The lowest BCUT2D eigenvalue weighted by atomic mass is 10.1. The maximum absolute atomic E-state index is 6.01. The lowest BCUT2D eigenvalue weighted by Gasteiger charge is -2.12. The highest BCUT2D eigenvalue weighted by Crippen LogP contribution is 2.22. The number of hydrogen-bond donors (Lipinski definition) is 1. The zero-order valence-electron chi connectivity index (χ0n) is 8.23. The number of ether oxygens (including phenoxy) is 1. The summed E-state index contributed by atoms with van der Waals surface area (Å²) in [5, 5.41) is 0. The van der Waals surface area contributed by atoms with E-state index in [4.69, 9.17) is 10.5 Å². The van der Waals surface area contributed by atoms with Crippen molar-refractivity contribution in [1.29, 1.82) is 0 Å². The molecular weight excluding hydrogens is 176 g/mol. The van der Waals surface area contributed by atoms with Crippen molar-refractivity contribution < 1.29 is 4.74 Å². The zero-order valence-corrected chi connectivity index (χ0v) is 8.23. The zero-order chi connectivity index (χ0) is 9.97. The Morgan fingerprint density at radius 1 is 1.57 bits per heavy atom. The van der Waals surface area contributed by atoms with E-state index in [-0.39, 0.29) is 6.04 Å². The van der Waals surface area contributed by atoms with Gasteiger partial charge >= 0.3 is 0 Å². The molecule has 0 spiro atoms. The van der Waals surface area contributed by atoms with Crippen LogP contribution in [0.1, 0.15) is 23.7 Å². The van der Waals surface area contributed by atoms with E-state index in [0.717, 1.165) is 24.5 Å². The van der Waals surface area contributed by atoms with Crippen LogP contribution in [0.15, 0.2) is 30.2 Å². The van der Waals surface area contributed by atoms with Crippen LogP contribution in [0.2, 0.25) is 0 Å². The van der Waals surface area contributed by atoms with Gasteiger partial charge in [-0.15, -0.1) is 0 Å². The first kappa shape index (κ1) is 9.21. The molecule has 2 N–H and O–H groups in total. The Labute approximate surface area is 83.6 Å². The first-order chi connectivity index (χ1) is 6.77. The fourth-order valence-electron chi connectivity index (χ4n) is 1.53. The summed E-state index contributed by atoms with van der Waals surface area (Å²) >= 11 is 0. The number of aromatic nitrogens is 1. The van der Waals surface area contributed by atoms with Crippen molar-refractivity contribution in [3.8, 4) is 0 Å².